The fraction of sp³-hybridized carbons (Fsp3) is 0.917. The first-order chi connectivity index (χ1) is 7.59. The van der Waals surface area contributed by atoms with Crippen molar-refractivity contribution in [2.75, 3.05) is 33.3 Å². The molecule has 0 saturated carbocycles. The number of piperidine rings is 1. The van der Waals surface area contributed by atoms with Gasteiger partial charge in [0.05, 0.1) is 6.10 Å². The second kappa shape index (κ2) is 6.86. The van der Waals surface area contributed by atoms with E-state index in [9.17, 15) is 4.79 Å². The Morgan fingerprint density at radius 3 is 2.62 bits per heavy atom. The average Bonchev–Trinajstić information content (AvgIpc) is 2.27. The molecule has 1 rings (SSSR count). The van der Waals surface area contributed by atoms with Crippen molar-refractivity contribution < 1.29 is 9.53 Å². The Kier molecular flexibility index (Phi) is 5.77. The highest BCUT2D eigenvalue weighted by Gasteiger charge is 2.18. The van der Waals surface area contributed by atoms with Crippen LogP contribution >= 0.6 is 0 Å². The topological polar surface area (TPSA) is 41.6 Å². The molecule has 1 heterocycles. The summed E-state index contributed by atoms with van der Waals surface area (Å²) in [6, 6.07) is 0. The molecule has 0 unspecified atom stereocenters. The molecule has 1 fully saturated rings. The fourth-order valence-electron chi connectivity index (χ4n) is 1.90. The first-order valence-electron chi connectivity index (χ1n) is 6.16. The zero-order valence-electron chi connectivity index (χ0n) is 10.7. The molecule has 1 saturated heterocycles. The third-order valence-electron chi connectivity index (χ3n) is 2.96. The third-order valence-corrected chi connectivity index (χ3v) is 2.96. The Labute approximate surface area is 98.3 Å². The highest BCUT2D eigenvalue weighted by Crippen LogP contribution is 2.12. The maximum absolute atomic E-state index is 11.7. The molecular formula is C12H24N2O2. The Balaban J connectivity index is 2.21. The van der Waals surface area contributed by atoms with Crippen LogP contribution in [0.15, 0.2) is 0 Å². The van der Waals surface area contributed by atoms with Crippen LogP contribution in [0.25, 0.3) is 0 Å². The number of rotatable bonds is 5. The number of nitrogens with one attached hydrogen (secondary N) is 1. The number of ether oxygens (including phenoxy) is 1. The van der Waals surface area contributed by atoms with Crippen LogP contribution in [0, 0.1) is 5.92 Å². The number of likely N-dealkylation sites (N-methyl/N-ethyl adjacent to an activating group) is 1. The average molecular weight is 228 g/mol. The van der Waals surface area contributed by atoms with Crippen molar-refractivity contribution in [2.45, 2.75) is 32.8 Å². The van der Waals surface area contributed by atoms with E-state index in [2.05, 4.69) is 5.32 Å². The van der Waals surface area contributed by atoms with Crippen molar-refractivity contribution in [1.29, 1.82) is 0 Å². The summed E-state index contributed by atoms with van der Waals surface area (Å²) < 4.78 is 5.31. The largest absolute Gasteiger partial charge is 0.369 e. The highest BCUT2D eigenvalue weighted by atomic mass is 16.5. The van der Waals surface area contributed by atoms with E-state index in [-0.39, 0.29) is 18.6 Å². The molecule has 0 atom stereocenters. The van der Waals surface area contributed by atoms with Gasteiger partial charge in [-0.1, -0.05) is 0 Å². The van der Waals surface area contributed by atoms with Crippen molar-refractivity contribution in [3.63, 3.8) is 0 Å². The van der Waals surface area contributed by atoms with E-state index in [0.717, 1.165) is 19.6 Å². The number of carbonyl (C=O) groups excluding carboxylic acids is 1. The second-order valence-electron chi connectivity index (χ2n) is 4.83. The summed E-state index contributed by atoms with van der Waals surface area (Å²) in [6.45, 7) is 7.12. The Morgan fingerprint density at radius 1 is 1.44 bits per heavy atom. The van der Waals surface area contributed by atoms with Gasteiger partial charge >= 0.3 is 0 Å². The molecule has 0 bridgehead atoms. The molecular weight excluding hydrogens is 204 g/mol. The summed E-state index contributed by atoms with van der Waals surface area (Å²) >= 11 is 0. The summed E-state index contributed by atoms with van der Waals surface area (Å²) in [5.41, 5.74) is 0. The van der Waals surface area contributed by atoms with Crippen molar-refractivity contribution in [2.24, 2.45) is 5.92 Å². The van der Waals surface area contributed by atoms with Gasteiger partial charge in [0.15, 0.2) is 0 Å². The lowest BCUT2D eigenvalue weighted by molar-refractivity contribution is -0.136. The third kappa shape index (κ3) is 4.94. The number of amides is 1. The maximum Gasteiger partial charge on any atom is 0.248 e. The van der Waals surface area contributed by atoms with Crippen LogP contribution in [0.1, 0.15) is 26.7 Å². The van der Waals surface area contributed by atoms with Gasteiger partial charge in [0.1, 0.15) is 6.61 Å². The SMILES string of the molecule is CC(C)OCC(=O)N(C)CC1CCNCC1. The number of nitrogens with zero attached hydrogens (tertiary/aromatic N) is 1. The van der Waals surface area contributed by atoms with Crippen molar-refractivity contribution in [1.82, 2.24) is 10.2 Å². The first kappa shape index (κ1) is 13.5. The molecule has 0 aromatic heterocycles. The van der Waals surface area contributed by atoms with E-state index in [0.29, 0.717) is 5.92 Å². The summed E-state index contributed by atoms with van der Waals surface area (Å²) in [6.07, 6.45) is 2.46. The van der Waals surface area contributed by atoms with Gasteiger partial charge in [-0.3, -0.25) is 4.79 Å². The van der Waals surface area contributed by atoms with Gasteiger partial charge in [0.2, 0.25) is 5.91 Å². The van der Waals surface area contributed by atoms with Crippen molar-refractivity contribution in [3.8, 4) is 0 Å². The van der Waals surface area contributed by atoms with Gasteiger partial charge in [-0.2, -0.15) is 0 Å². The lowest BCUT2D eigenvalue weighted by Crippen LogP contribution is -2.38. The normalized spacial score (nSPS) is 17.8. The molecule has 94 valence electrons. The molecule has 0 aromatic rings. The first-order valence-corrected chi connectivity index (χ1v) is 6.16. The van der Waals surface area contributed by atoms with E-state index in [4.69, 9.17) is 4.74 Å². The van der Waals surface area contributed by atoms with Crippen LogP contribution in [0.2, 0.25) is 0 Å². The standard InChI is InChI=1S/C12H24N2O2/c1-10(2)16-9-12(15)14(3)8-11-4-6-13-7-5-11/h10-11,13H,4-9H2,1-3H3. The van der Waals surface area contributed by atoms with E-state index in [1.54, 1.807) is 4.90 Å². The lowest BCUT2D eigenvalue weighted by atomic mass is 9.98. The molecule has 4 nitrogen and oxygen atoms in total. The summed E-state index contributed by atoms with van der Waals surface area (Å²) in [5, 5.41) is 3.33. The summed E-state index contributed by atoms with van der Waals surface area (Å²) in [4.78, 5) is 13.5. The maximum atomic E-state index is 11.7. The van der Waals surface area contributed by atoms with Gasteiger partial charge in [-0.15, -0.1) is 0 Å². The predicted molar refractivity (Wildman–Crippen MR) is 64.3 cm³/mol. The van der Waals surface area contributed by atoms with Crippen molar-refractivity contribution >= 4 is 5.91 Å². The highest BCUT2D eigenvalue weighted by molar-refractivity contribution is 5.77. The molecule has 0 radical (unpaired) electrons. The molecule has 1 aliphatic rings. The number of hydrogen-bond donors (Lipinski definition) is 1. The molecule has 16 heavy (non-hydrogen) atoms. The molecule has 0 aliphatic carbocycles. The summed E-state index contributed by atoms with van der Waals surface area (Å²) in [5.74, 6) is 0.737. The van der Waals surface area contributed by atoms with Crippen LogP contribution in [-0.4, -0.2) is 50.2 Å². The van der Waals surface area contributed by atoms with E-state index >= 15 is 0 Å². The van der Waals surface area contributed by atoms with Gasteiger partial charge in [0, 0.05) is 13.6 Å². The van der Waals surface area contributed by atoms with Gasteiger partial charge in [0.25, 0.3) is 0 Å². The van der Waals surface area contributed by atoms with Crippen LogP contribution < -0.4 is 5.32 Å². The van der Waals surface area contributed by atoms with E-state index in [1.165, 1.54) is 12.8 Å². The molecule has 0 aromatic carbocycles. The Morgan fingerprint density at radius 2 is 2.06 bits per heavy atom. The lowest BCUT2D eigenvalue weighted by Gasteiger charge is -2.27. The minimum Gasteiger partial charge on any atom is -0.369 e. The predicted octanol–water partition coefficient (Wildman–Crippen LogP) is 0.869. The molecule has 1 aliphatic heterocycles. The van der Waals surface area contributed by atoms with E-state index < -0.39 is 0 Å². The molecule has 0 spiro atoms. The molecule has 1 N–H and O–H groups in total. The van der Waals surface area contributed by atoms with Gasteiger partial charge in [-0.25, -0.2) is 0 Å². The van der Waals surface area contributed by atoms with Crippen LogP contribution in [0.5, 0.6) is 0 Å². The molecule has 4 heteroatoms. The van der Waals surface area contributed by atoms with Gasteiger partial charge < -0.3 is 15.0 Å². The number of carbonyl (C=O) groups is 1. The zero-order chi connectivity index (χ0) is 12.0. The quantitative estimate of drug-likeness (QED) is 0.759. The molecule has 1 amide bonds. The minimum absolute atomic E-state index is 0.0900. The smallest absolute Gasteiger partial charge is 0.248 e. The van der Waals surface area contributed by atoms with Crippen molar-refractivity contribution in [3.05, 3.63) is 0 Å². The summed E-state index contributed by atoms with van der Waals surface area (Å²) in [7, 11) is 1.87. The Bertz CT molecular complexity index is 213. The monoisotopic (exact) mass is 228 g/mol. The Hall–Kier alpha value is -0.610. The zero-order valence-corrected chi connectivity index (χ0v) is 10.7. The number of hydrogen-bond acceptors (Lipinski definition) is 3. The van der Waals surface area contributed by atoms with Crippen LogP contribution in [0.4, 0.5) is 0 Å². The van der Waals surface area contributed by atoms with Crippen LogP contribution in [0.3, 0.4) is 0 Å². The minimum atomic E-state index is 0.0900. The van der Waals surface area contributed by atoms with E-state index in [1.807, 2.05) is 20.9 Å². The fourth-order valence-corrected chi connectivity index (χ4v) is 1.90. The van der Waals surface area contributed by atoms with Gasteiger partial charge in [-0.05, 0) is 45.7 Å². The van der Waals surface area contributed by atoms with Crippen LogP contribution in [-0.2, 0) is 9.53 Å². The second-order valence-corrected chi connectivity index (χ2v) is 4.83.